The smallest absolute Gasteiger partial charge is 0.306 e. The predicted octanol–water partition coefficient (Wildman–Crippen LogP) is 16.6. The predicted molar refractivity (Wildman–Crippen MR) is 265 cm³/mol. The van der Waals surface area contributed by atoms with Gasteiger partial charge in [0.2, 0.25) is 0 Å². The number of carbonyl (C=O) groups excluding carboxylic acids is 3. The normalized spacial score (nSPS) is 12.9. The van der Waals surface area contributed by atoms with Crippen LogP contribution in [0.5, 0.6) is 0 Å². The minimum Gasteiger partial charge on any atom is -0.462 e. The maximum absolute atomic E-state index is 12.8. The first-order chi connectivity index (χ1) is 30.5. The van der Waals surface area contributed by atoms with Gasteiger partial charge in [-0.15, -0.1) is 0 Å². The lowest BCUT2D eigenvalue weighted by molar-refractivity contribution is -0.167. The van der Waals surface area contributed by atoms with Gasteiger partial charge >= 0.3 is 17.9 Å². The molecule has 0 amide bonds. The molecule has 0 fully saturated rings. The van der Waals surface area contributed by atoms with Gasteiger partial charge in [-0.2, -0.15) is 0 Å². The molecule has 0 saturated carbocycles. The van der Waals surface area contributed by atoms with Gasteiger partial charge in [0.15, 0.2) is 6.10 Å². The molecule has 62 heavy (non-hydrogen) atoms. The van der Waals surface area contributed by atoms with E-state index in [1.807, 2.05) is 18.2 Å². The number of ether oxygens (including phenoxy) is 3. The van der Waals surface area contributed by atoms with E-state index < -0.39 is 6.10 Å². The summed E-state index contributed by atoms with van der Waals surface area (Å²) < 4.78 is 16.8. The summed E-state index contributed by atoms with van der Waals surface area (Å²) in [4.78, 5) is 38.0. The van der Waals surface area contributed by atoms with Crippen LogP contribution < -0.4 is 0 Å². The Kier molecular flexibility index (Phi) is 47.0. The van der Waals surface area contributed by atoms with E-state index in [0.29, 0.717) is 19.3 Å². The van der Waals surface area contributed by atoms with Crippen LogP contribution >= 0.6 is 0 Å². The van der Waals surface area contributed by atoms with E-state index >= 15 is 0 Å². The summed E-state index contributed by atoms with van der Waals surface area (Å²) in [6.45, 7) is 6.32. The maximum atomic E-state index is 12.8. The molecule has 0 aromatic rings. The first-order valence-electron chi connectivity index (χ1n) is 25.3. The van der Waals surface area contributed by atoms with E-state index in [0.717, 1.165) is 116 Å². The van der Waals surface area contributed by atoms with Crippen molar-refractivity contribution in [2.75, 3.05) is 13.2 Å². The molecule has 1 atom stereocenters. The Morgan fingerprint density at radius 2 is 0.710 bits per heavy atom. The molecule has 0 saturated heterocycles. The van der Waals surface area contributed by atoms with Gasteiger partial charge in [0.25, 0.3) is 0 Å². The van der Waals surface area contributed by atoms with E-state index in [2.05, 4.69) is 99.8 Å². The van der Waals surface area contributed by atoms with Crippen molar-refractivity contribution < 1.29 is 28.6 Å². The molecule has 6 heteroatoms. The second kappa shape index (κ2) is 50.0. The quantitative estimate of drug-likeness (QED) is 0.0200. The Bertz CT molecular complexity index is 1260. The number of carbonyl (C=O) groups is 3. The molecular weight excluding hydrogens is 769 g/mol. The number of unbranched alkanes of at least 4 members (excludes halogenated alkanes) is 20. The molecule has 0 N–H and O–H groups in total. The molecule has 0 aliphatic carbocycles. The highest BCUT2D eigenvalue weighted by Crippen LogP contribution is 2.14. The second-order valence-corrected chi connectivity index (χ2v) is 16.4. The molecule has 0 heterocycles. The van der Waals surface area contributed by atoms with Crippen LogP contribution in [0.3, 0.4) is 0 Å². The fourth-order valence-corrected chi connectivity index (χ4v) is 6.64. The number of allylic oxidation sites excluding steroid dienone is 16. The lowest BCUT2D eigenvalue weighted by atomic mass is 10.1. The summed E-state index contributed by atoms with van der Waals surface area (Å²) in [5, 5.41) is 0. The average molecular weight is 861 g/mol. The zero-order valence-electron chi connectivity index (χ0n) is 40.1. The lowest BCUT2D eigenvalue weighted by Crippen LogP contribution is -2.30. The topological polar surface area (TPSA) is 78.9 Å². The van der Waals surface area contributed by atoms with Gasteiger partial charge in [-0.05, 0) is 96.3 Å². The van der Waals surface area contributed by atoms with Crippen LogP contribution in [0.1, 0.15) is 220 Å². The Balaban J connectivity index is 4.48. The van der Waals surface area contributed by atoms with Crippen molar-refractivity contribution in [2.24, 2.45) is 0 Å². The number of rotatable bonds is 44. The van der Waals surface area contributed by atoms with Crippen LogP contribution in [-0.4, -0.2) is 37.2 Å². The lowest BCUT2D eigenvalue weighted by Gasteiger charge is -2.18. The number of esters is 3. The third-order valence-electron chi connectivity index (χ3n) is 10.4. The van der Waals surface area contributed by atoms with Gasteiger partial charge in [0.1, 0.15) is 13.2 Å². The average Bonchev–Trinajstić information content (AvgIpc) is 3.27. The van der Waals surface area contributed by atoms with Crippen LogP contribution in [0.15, 0.2) is 97.2 Å². The van der Waals surface area contributed by atoms with E-state index in [4.69, 9.17) is 14.2 Å². The largest absolute Gasteiger partial charge is 0.462 e. The molecule has 0 radical (unpaired) electrons. The molecule has 0 aromatic carbocycles. The molecule has 0 spiro atoms. The standard InChI is InChI=1S/C56H92O6/c1-4-7-10-13-16-19-22-25-28-31-34-37-40-43-46-49-55(58)61-52-53(51-60-54(57)48-45-42-39-36-33-30-27-24-21-18-15-12-9-6-3)62-56(59)50-47-44-41-38-35-32-29-26-23-20-17-14-11-8-5-2/h7,9-10,12-13,16,18-23,25,27-28,30,53H,4-6,8,11,14-15,17,24,26,29,31-52H2,1-3H3/b10-7-,12-9-,16-13-,21-18-,22-19-,23-20-,28-25-,30-27-. The van der Waals surface area contributed by atoms with Crippen molar-refractivity contribution in [2.45, 2.75) is 226 Å². The Hall–Kier alpha value is -3.67. The SMILES string of the molecule is CC\C=C/C=C\C=C/C=C\CCCCCCCC(=O)OCC(COC(=O)CCCCCC/C=C\C/C=C\C/C=C\CC)OC(=O)CCCCCCCCC/C=C\CCCCCC. The first kappa shape index (κ1) is 58.3. The summed E-state index contributed by atoms with van der Waals surface area (Å²) in [5.74, 6) is -0.952. The summed E-state index contributed by atoms with van der Waals surface area (Å²) in [7, 11) is 0. The van der Waals surface area contributed by atoms with E-state index in [1.165, 1.54) is 64.2 Å². The molecule has 0 aliphatic heterocycles. The van der Waals surface area contributed by atoms with Crippen molar-refractivity contribution >= 4 is 17.9 Å². The van der Waals surface area contributed by atoms with Crippen molar-refractivity contribution in [1.29, 1.82) is 0 Å². The van der Waals surface area contributed by atoms with Gasteiger partial charge in [0, 0.05) is 19.3 Å². The minimum absolute atomic E-state index is 0.0999. The van der Waals surface area contributed by atoms with E-state index in [1.54, 1.807) is 0 Å². The van der Waals surface area contributed by atoms with Crippen LogP contribution in [0.2, 0.25) is 0 Å². The summed E-state index contributed by atoms with van der Waals surface area (Å²) in [6.07, 6.45) is 65.3. The van der Waals surface area contributed by atoms with Crippen LogP contribution in [0.4, 0.5) is 0 Å². The summed E-state index contributed by atoms with van der Waals surface area (Å²) in [6, 6.07) is 0. The first-order valence-corrected chi connectivity index (χ1v) is 25.3. The third-order valence-corrected chi connectivity index (χ3v) is 10.4. The summed E-state index contributed by atoms with van der Waals surface area (Å²) >= 11 is 0. The highest BCUT2D eigenvalue weighted by molar-refractivity contribution is 5.71. The van der Waals surface area contributed by atoms with Crippen LogP contribution in [0.25, 0.3) is 0 Å². The Morgan fingerprint density at radius 3 is 1.19 bits per heavy atom. The molecule has 0 bridgehead atoms. The van der Waals surface area contributed by atoms with Crippen molar-refractivity contribution in [1.82, 2.24) is 0 Å². The summed E-state index contributed by atoms with van der Waals surface area (Å²) in [5.41, 5.74) is 0. The Labute approximate surface area is 381 Å². The monoisotopic (exact) mass is 861 g/mol. The van der Waals surface area contributed by atoms with Crippen molar-refractivity contribution in [3.05, 3.63) is 97.2 Å². The fourth-order valence-electron chi connectivity index (χ4n) is 6.64. The number of hydrogen-bond acceptors (Lipinski definition) is 6. The van der Waals surface area contributed by atoms with Crippen LogP contribution in [-0.2, 0) is 28.6 Å². The van der Waals surface area contributed by atoms with Crippen molar-refractivity contribution in [3.63, 3.8) is 0 Å². The molecule has 0 aromatic heterocycles. The van der Waals surface area contributed by atoms with E-state index in [9.17, 15) is 14.4 Å². The molecule has 6 nitrogen and oxygen atoms in total. The third kappa shape index (κ3) is 47.4. The highest BCUT2D eigenvalue weighted by atomic mass is 16.6. The molecule has 352 valence electrons. The van der Waals surface area contributed by atoms with Gasteiger partial charge < -0.3 is 14.2 Å². The minimum atomic E-state index is -0.799. The molecule has 1 unspecified atom stereocenters. The van der Waals surface area contributed by atoms with Gasteiger partial charge in [-0.25, -0.2) is 0 Å². The highest BCUT2D eigenvalue weighted by Gasteiger charge is 2.19. The number of hydrogen-bond donors (Lipinski definition) is 0. The maximum Gasteiger partial charge on any atom is 0.306 e. The zero-order valence-corrected chi connectivity index (χ0v) is 40.1. The van der Waals surface area contributed by atoms with Gasteiger partial charge in [-0.1, -0.05) is 201 Å². The molecular formula is C56H92O6. The molecule has 0 rings (SSSR count). The second-order valence-electron chi connectivity index (χ2n) is 16.4. The van der Waals surface area contributed by atoms with Gasteiger partial charge in [-0.3, -0.25) is 14.4 Å². The zero-order chi connectivity index (χ0) is 45.1. The fraction of sp³-hybridized carbons (Fsp3) is 0.661. The van der Waals surface area contributed by atoms with Crippen molar-refractivity contribution in [3.8, 4) is 0 Å². The molecule has 0 aliphatic rings. The Morgan fingerprint density at radius 1 is 0.355 bits per heavy atom. The van der Waals surface area contributed by atoms with Gasteiger partial charge in [0.05, 0.1) is 0 Å². The van der Waals surface area contributed by atoms with E-state index in [-0.39, 0.29) is 31.1 Å². The van der Waals surface area contributed by atoms with Crippen LogP contribution in [0, 0.1) is 0 Å².